The van der Waals surface area contributed by atoms with Crippen LogP contribution in [0.2, 0.25) is 0 Å². The van der Waals surface area contributed by atoms with Crippen molar-refractivity contribution in [3.8, 4) is 5.75 Å². The highest BCUT2D eigenvalue weighted by Gasteiger charge is 2.34. The molecule has 0 aromatic heterocycles. The van der Waals surface area contributed by atoms with Crippen LogP contribution in [0.4, 0.5) is 0 Å². The summed E-state index contributed by atoms with van der Waals surface area (Å²) < 4.78 is 17.1. The van der Waals surface area contributed by atoms with Crippen LogP contribution >= 0.6 is 0 Å². The molecule has 94 valence electrons. The van der Waals surface area contributed by atoms with Gasteiger partial charge in [0.2, 0.25) is 0 Å². The van der Waals surface area contributed by atoms with Crippen molar-refractivity contribution >= 4 is 10.8 Å². The second-order valence-electron chi connectivity index (χ2n) is 4.34. The first-order valence-electron chi connectivity index (χ1n) is 5.89. The van der Waals surface area contributed by atoms with Crippen molar-refractivity contribution in [1.82, 2.24) is 5.32 Å². The Morgan fingerprint density at radius 2 is 2.29 bits per heavy atom. The Hall–Kier alpha value is -0.870. The zero-order valence-electron chi connectivity index (χ0n) is 10.5. The van der Waals surface area contributed by atoms with E-state index in [1.165, 1.54) is 11.1 Å². The van der Waals surface area contributed by atoms with Gasteiger partial charge in [0.25, 0.3) is 0 Å². The van der Waals surface area contributed by atoms with Crippen LogP contribution in [0.25, 0.3) is 0 Å². The molecule has 2 rings (SSSR count). The summed E-state index contributed by atoms with van der Waals surface area (Å²) in [6.07, 6.45) is 2.68. The molecule has 0 bridgehead atoms. The number of ether oxygens (including phenoxy) is 1. The molecule has 3 atom stereocenters. The number of nitrogens with one attached hydrogen (secondary N) is 1. The van der Waals surface area contributed by atoms with Crippen LogP contribution in [0.5, 0.6) is 5.75 Å². The molecule has 3 unspecified atom stereocenters. The molecule has 1 aliphatic carbocycles. The van der Waals surface area contributed by atoms with Gasteiger partial charge in [0.05, 0.1) is 12.4 Å². The van der Waals surface area contributed by atoms with E-state index in [1.54, 1.807) is 13.4 Å². The number of hydrogen-bond acceptors (Lipinski definition) is 3. The van der Waals surface area contributed by atoms with Crippen LogP contribution in [0.3, 0.4) is 0 Å². The molecule has 4 heteroatoms. The van der Waals surface area contributed by atoms with Crippen LogP contribution in [-0.4, -0.2) is 29.4 Å². The third-order valence-electron chi connectivity index (χ3n) is 3.33. The summed E-state index contributed by atoms with van der Waals surface area (Å²) in [5.41, 5.74) is 2.53. The molecule has 3 nitrogen and oxygen atoms in total. The first kappa shape index (κ1) is 12.6. The summed E-state index contributed by atoms with van der Waals surface area (Å²) in [6, 6.07) is 6.32. The second-order valence-corrected chi connectivity index (χ2v) is 5.94. The molecule has 0 aliphatic heterocycles. The third-order valence-corrected chi connectivity index (χ3v) is 4.62. The van der Waals surface area contributed by atoms with Gasteiger partial charge in [-0.15, -0.1) is 0 Å². The van der Waals surface area contributed by atoms with Crippen molar-refractivity contribution in [1.29, 1.82) is 0 Å². The highest BCUT2D eigenvalue weighted by atomic mass is 32.2. The quantitative estimate of drug-likeness (QED) is 0.886. The second kappa shape index (κ2) is 5.19. The van der Waals surface area contributed by atoms with Gasteiger partial charge in [0.15, 0.2) is 0 Å². The van der Waals surface area contributed by atoms with E-state index in [1.807, 2.05) is 6.07 Å². The van der Waals surface area contributed by atoms with Gasteiger partial charge in [-0.05, 0) is 36.2 Å². The molecule has 0 spiro atoms. The summed E-state index contributed by atoms with van der Waals surface area (Å²) >= 11 is 0. The van der Waals surface area contributed by atoms with E-state index < -0.39 is 10.8 Å². The fraction of sp³-hybridized carbons (Fsp3) is 0.538. The number of fused-ring (bicyclic) bond motifs is 1. The van der Waals surface area contributed by atoms with Crippen LogP contribution < -0.4 is 10.1 Å². The molecule has 0 radical (unpaired) electrons. The van der Waals surface area contributed by atoms with Crippen molar-refractivity contribution in [2.24, 2.45) is 0 Å². The lowest BCUT2D eigenvalue weighted by atomic mass is 10.1. The molecule has 1 aliphatic rings. The minimum Gasteiger partial charge on any atom is -0.497 e. The van der Waals surface area contributed by atoms with Crippen LogP contribution in [0.1, 0.15) is 24.1 Å². The topological polar surface area (TPSA) is 38.3 Å². The van der Waals surface area contributed by atoms with Gasteiger partial charge in [-0.1, -0.05) is 13.0 Å². The zero-order valence-corrected chi connectivity index (χ0v) is 11.3. The van der Waals surface area contributed by atoms with Gasteiger partial charge < -0.3 is 10.1 Å². The summed E-state index contributed by atoms with van der Waals surface area (Å²) in [6.45, 7) is 2.96. The molecule has 17 heavy (non-hydrogen) atoms. The van der Waals surface area contributed by atoms with Gasteiger partial charge in [0, 0.05) is 23.1 Å². The van der Waals surface area contributed by atoms with Crippen LogP contribution in [0, 0.1) is 0 Å². The number of hydrogen-bond donors (Lipinski definition) is 1. The highest BCUT2D eigenvalue weighted by molar-refractivity contribution is 7.85. The fourth-order valence-corrected chi connectivity index (χ4v) is 3.52. The van der Waals surface area contributed by atoms with Gasteiger partial charge >= 0.3 is 0 Å². The summed E-state index contributed by atoms with van der Waals surface area (Å²) in [7, 11) is 0.864. The van der Waals surface area contributed by atoms with E-state index in [4.69, 9.17) is 4.74 Å². The number of rotatable bonds is 4. The lowest BCUT2D eigenvalue weighted by Crippen LogP contribution is -2.31. The van der Waals surface area contributed by atoms with Crippen molar-refractivity contribution in [3.63, 3.8) is 0 Å². The standard InChI is InChI=1S/C13H19NO2S/c1-4-14-13-11-8-10(16-2)6-5-9(11)7-12(13)17(3)15/h5-6,8,12-14H,4,7H2,1-3H3. The van der Waals surface area contributed by atoms with E-state index >= 15 is 0 Å². The molecule has 1 N–H and O–H groups in total. The molecule has 1 aromatic carbocycles. The lowest BCUT2D eigenvalue weighted by molar-refractivity contribution is 0.413. The van der Waals surface area contributed by atoms with Crippen molar-refractivity contribution in [3.05, 3.63) is 29.3 Å². The molecule has 0 amide bonds. The predicted octanol–water partition coefficient (Wildman–Crippen LogP) is 1.65. The zero-order chi connectivity index (χ0) is 12.4. The highest BCUT2D eigenvalue weighted by Crippen LogP contribution is 2.36. The maximum Gasteiger partial charge on any atom is 0.119 e. The predicted molar refractivity (Wildman–Crippen MR) is 71.0 cm³/mol. The molecule has 0 fully saturated rings. The Bertz CT molecular complexity index is 433. The van der Waals surface area contributed by atoms with Gasteiger partial charge in [-0.3, -0.25) is 4.21 Å². The Kier molecular flexibility index (Phi) is 3.84. The Morgan fingerprint density at radius 1 is 1.53 bits per heavy atom. The maximum atomic E-state index is 11.8. The number of benzene rings is 1. The first-order valence-corrected chi connectivity index (χ1v) is 7.52. The molecule has 0 saturated carbocycles. The Balaban J connectivity index is 2.36. The summed E-state index contributed by atoms with van der Waals surface area (Å²) in [5, 5.41) is 3.61. The van der Waals surface area contributed by atoms with Crippen LogP contribution in [0.15, 0.2) is 18.2 Å². The summed E-state index contributed by atoms with van der Waals surface area (Å²) in [4.78, 5) is 0. The SMILES string of the molecule is CCNC1c2cc(OC)ccc2CC1S(C)=O. The van der Waals surface area contributed by atoms with Crippen LogP contribution in [-0.2, 0) is 17.2 Å². The molecular formula is C13H19NO2S. The van der Waals surface area contributed by atoms with E-state index in [0.29, 0.717) is 0 Å². The molecule has 0 saturated heterocycles. The van der Waals surface area contributed by atoms with E-state index in [0.717, 1.165) is 18.7 Å². The van der Waals surface area contributed by atoms with Gasteiger partial charge in [-0.2, -0.15) is 0 Å². The Morgan fingerprint density at radius 3 is 2.88 bits per heavy atom. The smallest absolute Gasteiger partial charge is 0.119 e. The lowest BCUT2D eigenvalue weighted by Gasteiger charge is -2.19. The largest absolute Gasteiger partial charge is 0.497 e. The molecule has 1 aromatic rings. The minimum absolute atomic E-state index is 0.178. The van der Waals surface area contributed by atoms with E-state index in [-0.39, 0.29) is 11.3 Å². The average Bonchev–Trinajstić information content (AvgIpc) is 2.68. The maximum absolute atomic E-state index is 11.8. The molecular weight excluding hydrogens is 234 g/mol. The third kappa shape index (κ3) is 2.38. The normalized spacial score (nSPS) is 24.4. The van der Waals surface area contributed by atoms with Crippen molar-refractivity contribution in [2.75, 3.05) is 19.9 Å². The Labute approximate surface area is 105 Å². The average molecular weight is 253 g/mol. The first-order chi connectivity index (χ1) is 8.17. The van der Waals surface area contributed by atoms with Crippen molar-refractivity contribution < 1.29 is 8.95 Å². The van der Waals surface area contributed by atoms with E-state index in [2.05, 4.69) is 24.4 Å². The fourth-order valence-electron chi connectivity index (χ4n) is 2.48. The van der Waals surface area contributed by atoms with Gasteiger partial charge in [0.1, 0.15) is 5.75 Å². The summed E-state index contributed by atoms with van der Waals surface area (Å²) in [5.74, 6) is 0.870. The van der Waals surface area contributed by atoms with Crippen molar-refractivity contribution in [2.45, 2.75) is 24.6 Å². The number of methoxy groups -OCH3 is 1. The van der Waals surface area contributed by atoms with E-state index in [9.17, 15) is 4.21 Å². The monoisotopic (exact) mass is 253 g/mol. The molecule has 0 heterocycles. The van der Waals surface area contributed by atoms with Gasteiger partial charge in [-0.25, -0.2) is 0 Å². The minimum atomic E-state index is -0.811.